The summed E-state index contributed by atoms with van der Waals surface area (Å²) in [7, 11) is 0. The van der Waals surface area contributed by atoms with Gasteiger partial charge in [0.25, 0.3) is 0 Å². The van der Waals surface area contributed by atoms with Crippen LogP contribution in [0.1, 0.15) is 53.7 Å². The molecule has 1 fully saturated rings. The predicted octanol–water partition coefficient (Wildman–Crippen LogP) is 3.96. The lowest BCUT2D eigenvalue weighted by Crippen LogP contribution is -2.39. The molecule has 168 valence electrons. The summed E-state index contributed by atoms with van der Waals surface area (Å²) in [5.74, 6) is 0.682. The lowest BCUT2D eigenvalue weighted by atomic mass is 9.93. The van der Waals surface area contributed by atoms with Crippen LogP contribution in [-0.2, 0) is 17.8 Å². The van der Waals surface area contributed by atoms with Crippen LogP contribution in [0.2, 0.25) is 0 Å². The summed E-state index contributed by atoms with van der Waals surface area (Å²) in [6.45, 7) is 5.62. The number of carbonyl (C=O) groups is 1. The first kappa shape index (κ1) is 22.0. The Kier molecular flexibility index (Phi) is 6.58. The Morgan fingerprint density at radius 1 is 1.16 bits per heavy atom. The zero-order valence-electron chi connectivity index (χ0n) is 18.4. The van der Waals surface area contributed by atoms with E-state index in [1.165, 1.54) is 18.2 Å². The second kappa shape index (κ2) is 9.54. The smallest absolute Gasteiger partial charge is 0.224 e. The fourth-order valence-corrected chi connectivity index (χ4v) is 4.27. The molecule has 0 unspecified atom stereocenters. The molecule has 2 aromatic heterocycles. The highest BCUT2D eigenvalue weighted by molar-refractivity contribution is 5.76. The number of piperidine rings is 1. The summed E-state index contributed by atoms with van der Waals surface area (Å²) in [5, 5.41) is 4.32. The van der Waals surface area contributed by atoms with Crippen molar-refractivity contribution in [2.75, 3.05) is 13.1 Å². The fourth-order valence-electron chi connectivity index (χ4n) is 4.27. The normalized spacial score (nSPS) is 16.4. The van der Waals surface area contributed by atoms with Gasteiger partial charge in [-0.25, -0.2) is 18.4 Å². The number of rotatable bonds is 6. The summed E-state index contributed by atoms with van der Waals surface area (Å²) >= 11 is 0. The van der Waals surface area contributed by atoms with E-state index in [4.69, 9.17) is 0 Å². The first-order valence-electron chi connectivity index (χ1n) is 10.9. The quantitative estimate of drug-likeness (QED) is 0.583. The Morgan fingerprint density at radius 3 is 2.59 bits per heavy atom. The van der Waals surface area contributed by atoms with E-state index in [0.717, 1.165) is 36.5 Å². The largest absolute Gasteiger partial charge is 0.342 e. The van der Waals surface area contributed by atoms with Crippen LogP contribution >= 0.6 is 0 Å². The second-order valence-corrected chi connectivity index (χ2v) is 8.33. The monoisotopic (exact) mass is 439 g/mol. The molecule has 1 aliphatic rings. The molecule has 4 rings (SSSR count). The summed E-state index contributed by atoms with van der Waals surface area (Å²) < 4.78 is 29.6. The molecule has 6 nitrogen and oxygen atoms in total. The molecule has 8 heteroatoms. The van der Waals surface area contributed by atoms with Crippen molar-refractivity contribution in [1.82, 2.24) is 24.6 Å². The third-order valence-electron chi connectivity index (χ3n) is 5.98. The predicted molar refractivity (Wildman–Crippen MR) is 116 cm³/mol. The standard InChI is InChI=1S/C24H27F2N5O/c1-16-28-17(2)31(29-16)12-10-24(32)30-11-4-5-19(15-30)23-9-8-18(14-27-23)13-20-21(25)6-3-7-22(20)26/h3,6-9,14,19H,4-5,10-13,15H2,1-2H3/t19-/m0/s1. The third-order valence-corrected chi connectivity index (χ3v) is 5.98. The van der Waals surface area contributed by atoms with Crippen LogP contribution in [0, 0.1) is 25.5 Å². The molecule has 1 aromatic carbocycles. The number of pyridine rings is 1. The zero-order valence-corrected chi connectivity index (χ0v) is 18.4. The fraction of sp³-hybridized carbons (Fsp3) is 0.417. The van der Waals surface area contributed by atoms with Crippen LogP contribution in [0.15, 0.2) is 36.5 Å². The van der Waals surface area contributed by atoms with Gasteiger partial charge >= 0.3 is 0 Å². The van der Waals surface area contributed by atoms with Crippen molar-refractivity contribution in [3.8, 4) is 0 Å². The third kappa shape index (κ3) is 5.00. The maximum absolute atomic E-state index is 13.9. The average molecular weight is 440 g/mol. The topological polar surface area (TPSA) is 63.9 Å². The first-order chi connectivity index (χ1) is 15.4. The van der Waals surface area contributed by atoms with E-state index in [9.17, 15) is 13.6 Å². The van der Waals surface area contributed by atoms with Gasteiger partial charge in [0.15, 0.2) is 0 Å². The van der Waals surface area contributed by atoms with Gasteiger partial charge in [-0.1, -0.05) is 12.1 Å². The molecule has 3 aromatic rings. The van der Waals surface area contributed by atoms with Crippen molar-refractivity contribution in [3.05, 3.63) is 76.6 Å². The number of hydrogen-bond acceptors (Lipinski definition) is 4. The number of halogens is 2. The lowest BCUT2D eigenvalue weighted by Gasteiger charge is -2.32. The molecule has 0 aliphatic carbocycles. The van der Waals surface area contributed by atoms with Crippen molar-refractivity contribution >= 4 is 5.91 Å². The summed E-state index contributed by atoms with van der Waals surface area (Å²) in [6.07, 6.45) is 4.10. The van der Waals surface area contributed by atoms with Crippen LogP contribution in [0.25, 0.3) is 0 Å². The number of carbonyl (C=O) groups excluding carboxylic acids is 1. The van der Waals surface area contributed by atoms with Gasteiger partial charge in [-0.05, 0) is 50.5 Å². The van der Waals surface area contributed by atoms with E-state index >= 15 is 0 Å². The zero-order chi connectivity index (χ0) is 22.7. The van der Waals surface area contributed by atoms with Gasteiger partial charge in [0, 0.05) is 49.3 Å². The van der Waals surface area contributed by atoms with Crippen molar-refractivity contribution in [1.29, 1.82) is 0 Å². The van der Waals surface area contributed by atoms with Gasteiger partial charge in [0.2, 0.25) is 5.91 Å². The molecule has 0 N–H and O–H groups in total. The number of aryl methyl sites for hydroxylation is 3. The van der Waals surface area contributed by atoms with E-state index in [-0.39, 0.29) is 23.8 Å². The van der Waals surface area contributed by atoms with Gasteiger partial charge in [-0.15, -0.1) is 0 Å². The van der Waals surface area contributed by atoms with Crippen LogP contribution in [0.3, 0.4) is 0 Å². The number of benzene rings is 1. The van der Waals surface area contributed by atoms with Gasteiger partial charge in [-0.2, -0.15) is 5.10 Å². The van der Waals surface area contributed by atoms with Gasteiger partial charge in [0.1, 0.15) is 23.3 Å². The highest BCUT2D eigenvalue weighted by Crippen LogP contribution is 2.26. The van der Waals surface area contributed by atoms with Gasteiger partial charge in [-0.3, -0.25) is 9.78 Å². The molecule has 32 heavy (non-hydrogen) atoms. The minimum atomic E-state index is -0.549. The number of likely N-dealkylation sites (tertiary alicyclic amines) is 1. The Balaban J connectivity index is 1.36. The Morgan fingerprint density at radius 2 is 1.94 bits per heavy atom. The van der Waals surface area contributed by atoms with Crippen LogP contribution < -0.4 is 0 Å². The van der Waals surface area contributed by atoms with Crippen molar-refractivity contribution < 1.29 is 13.6 Å². The molecular weight excluding hydrogens is 412 g/mol. The van der Waals surface area contributed by atoms with E-state index in [1.54, 1.807) is 10.9 Å². The van der Waals surface area contributed by atoms with Crippen molar-refractivity contribution in [2.45, 2.75) is 52.0 Å². The Labute approximate surface area is 186 Å². The SMILES string of the molecule is Cc1nc(C)n(CCC(=O)N2CCC[C@H](c3ccc(Cc4c(F)cccc4F)cn3)C2)n1. The number of amides is 1. The van der Waals surface area contributed by atoms with E-state index in [2.05, 4.69) is 15.1 Å². The molecule has 1 amide bonds. The minimum absolute atomic E-state index is 0.0503. The summed E-state index contributed by atoms with van der Waals surface area (Å²) in [4.78, 5) is 23.5. The highest BCUT2D eigenvalue weighted by atomic mass is 19.1. The van der Waals surface area contributed by atoms with Crippen molar-refractivity contribution in [3.63, 3.8) is 0 Å². The summed E-state index contributed by atoms with van der Waals surface area (Å²) in [6, 6.07) is 7.66. The van der Waals surface area contributed by atoms with Gasteiger partial charge in [0.05, 0.1) is 6.54 Å². The molecule has 3 heterocycles. The maximum atomic E-state index is 13.9. The Hall–Kier alpha value is -3.16. The van der Waals surface area contributed by atoms with Crippen LogP contribution in [0.5, 0.6) is 0 Å². The van der Waals surface area contributed by atoms with E-state index in [1.807, 2.05) is 30.9 Å². The van der Waals surface area contributed by atoms with Crippen LogP contribution in [0.4, 0.5) is 8.78 Å². The van der Waals surface area contributed by atoms with Crippen molar-refractivity contribution in [2.24, 2.45) is 0 Å². The maximum Gasteiger partial charge on any atom is 0.224 e. The molecule has 0 bridgehead atoms. The van der Waals surface area contributed by atoms with E-state index in [0.29, 0.717) is 25.3 Å². The first-order valence-corrected chi connectivity index (χ1v) is 10.9. The number of nitrogens with zero attached hydrogens (tertiary/aromatic N) is 5. The van der Waals surface area contributed by atoms with Gasteiger partial charge < -0.3 is 4.90 Å². The molecular formula is C24H27F2N5O. The molecule has 0 radical (unpaired) electrons. The average Bonchev–Trinajstić information content (AvgIpc) is 3.12. The summed E-state index contributed by atoms with van der Waals surface area (Å²) in [5.41, 5.74) is 1.71. The van der Waals surface area contributed by atoms with E-state index < -0.39 is 11.6 Å². The molecule has 1 aliphatic heterocycles. The number of hydrogen-bond donors (Lipinski definition) is 0. The number of aromatic nitrogens is 4. The molecule has 1 saturated heterocycles. The van der Waals surface area contributed by atoms with Crippen LogP contribution in [-0.4, -0.2) is 43.6 Å². The molecule has 0 spiro atoms. The Bertz CT molecular complexity index is 1080. The highest BCUT2D eigenvalue weighted by Gasteiger charge is 2.25. The molecule has 1 atom stereocenters. The minimum Gasteiger partial charge on any atom is -0.342 e. The molecule has 0 saturated carbocycles. The second-order valence-electron chi connectivity index (χ2n) is 8.33. The lowest BCUT2D eigenvalue weighted by molar-refractivity contribution is -0.132.